The first-order chi connectivity index (χ1) is 8.76. The molecule has 0 spiro atoms. The Morgan fingerprint density at radius 3 is 2.83 bits per heavy atom. The number of aromatic hydroxyl groups is 1. The third-order valence-corrected chi connectivity index (χ3v) is 2.56. The number of hydrogen-bond donors (Lipinski definition) is 1. The van der Waals surface area contributed by atoms with E-state index in [1.807, 2.05) is 6.07 Å². The zero-order valence-electron chi connectivity index (χ0n) is 9.62. The van der Waals surface area contributed by atoms with E-state index in [2.05, 4.69) is 9.97 Å². The van der Waals surface area contributed by atoms with Crippen molar-refractivity contribution in [3.05, 3.63) is 36.5 Å². The molecule has 2 aromatic heterocycles. The predicted molar refractivity (Wildman–Crippen MR) is 65.5 cm³/mol. The van der Waals surface area contributed by atoms with Gasteiger partial charge in [0.1, 0.15) is 11.3 Å². The summed E-state index contributed by atoms with van der Waals surface area (Å²) in [5.74, 6) is 1.15. The third kappa shape index (κ3) is 1.75. The molecule has 18 heavy (non-hydrogen) atoms. The van der Waals surface area contributed by atoms with Crippen LogP contribution in [0.25, 0.3) is 22.6 Å². The van der Waals surface area contributed by atoms with E-state index in [1.54, 1.807) is 31.5 Å². The number of phenolic OH excluding ortho intramolecular Hbond substituents is 1. The van der Waals surface area contributed by atoms with Gasteiger partial charge in [0.2, 0.25) is 11.8 Å². The normalized spacial score (nSPS) is 10.7. The van der Waals surface area contributed by atoms with Crippen molar-refractivity contribution in [2.75, 3.05) is 7.11 Å². The number of nitrogens with zero attached hydrogens (tertiary/aromatic N) is 2. The van der Waals surface area contributed by atoms with Gasteiger partial charge in [-0.25, -0.2) is 9.97 Å². The van der Waals surface area contributed by atoms with Gasteiger partial charge in [-0.1, -0.05) is 0 Å². The number of aromatic nitrogens is 2. The molecule has 0 amide bonds. The average molecular weight is 242 g/mol. The van der Waals surface area contributed by atoms with Crippen molar-refractivity contribution >= 4 is 11.1 Å². The summed E-state index contributed by atoms with van der Waals surface area (Å²) in [6, 6.07) is 8.36. The largest absolute Gasteiger partial charge is 0.508 e. The lowest BCUT2D eigenvalue weighted by Crippen LogP contribution is -1.86. The van der Waals surface area contributed by atoms with Crippen LogP contribution in [-0.4, -0.2) is 22.2 Å². The van der Waals surface area contributed by atoms with Crippen LogP contribution in [0.5, 0.6) is 11.6 Å². The first-order valence-electron chi connectivity index (χ1n) is 5.36. The molecule has 0 saturated heterocycles. The molecule has 5 heteroatoms. The second-order valence-corrected chi connectivity index (χ2v) is 3.76. The summed E-state index contributed by atoms with van der Waals surface area (Å²) in [7, 11) is 1.56. The molecule has 3 aromatic rings. The van der Waals surface area contributed by atoms with E-state index in [-0.39, 0.29) is 5.75 Å². The smallest absolute Gasteiger partial charge is 0.228 e. The Kier molecular flexibility index (Phi) is 2.37. The summed E-state index contributed by atoms with van der Waals surface area (Å²) in [5.41, 5.74) is 1.99. The number of oxazole rings is 1. The number of methoxy groups -OCH3 is 1. The van der Waals surface area contributed by atoms with Crippen molar-refractivity contribution in [2.45, 2.75) is 0 Å². The van der Waals surface area contributed by atoms with E-state index in [0.717, 1.165) is 5.56 Å². The molecule has 0 bridgehead atoms. The molecule has 1 N–H and O–H groups in total. The van der Waals surface area contributed by atoms with Crippen LogP contribution >= 0.6 is 0 Å². The number of rotatable bonds is 2. The van der Waals surface area contributed by atoms with Crippen LogP contribution in [0.1, 0.15) is 0 Å². The van der Waals surface area contributed by atoms with Crippen molar-refractivity contribution < 1.29 is 14.3 Å². The van der Waals surface area contributed by atoms with Gasteiger partial charge in [-0.3, -0.25) is 0 Å². The minimum atomic E-state index is 0.151. The van der Waals surface area contributed by atoms with E-state index in [1.165, 1.54) is 6.07 Å². The highest BCUT2D eigenvalue weighted by Crippen LogP contribution is 2.26. The van der Waals surface area contributed by atoms with Crippen molar-refractivity contribution in [3.8, 4) is 23.1 Å². The van der Waals surface area contributed by atoms with Crippen molar-refractivity contribution in [2.24, 2.45) is 0 Å². The number of pyridine rings is 1. The number of fused-ring (bicyclic) bond motifs is 1. The highest BCUT2D eigenvalue weighted by molar-refractivity contribution is 5.77. The van der Waals surface area contributed by atoms with Gasteiger partial charge < -0.3 is 14.3 Å². The fraction of sp³-hybridized carbons (Fsp3) is 0.0769. The maximum absolute atomic E-state index is 9.36. The summed E-state index contributed by atoms with van der Waals surface area (Å²) in [6.45, 7) is 0. The highest BCUT2D eigenvalue weighted by Gasteiger charge is 2.09. The molecule has 0 fully saturated rings. The van der Waals surface area contributed by atoms with E-state index in [9.17, 15) is 5.11 Å². The lowest BCUT2D eigenvalue weighted by Gasteiger charge is -1.98. The first-order valence-corrected chi connectivity index (χ1v) is 5.36. The molecule has 2 heterocycles. The molecule has 0 atom stereocenters. The molecule has 3 rings (SSSR count). The second kappa shape index (κ2) is 4.03. The average Bonchev–Trinajstić information content (AvgIpc) is 2.81. The number of phenols is 1. The van der Waals surface area contributed by atoms with Crippen LogP contribution in [0, 0.1) is 0 Å². The van der Waals surface area contributed by atoms with E-state index >= 15 is 0 Å². The molecule has 0 radical (unpaired) electrons. The zero-order valence-corrected chi connectivity index (χ0v) is 9.62. The van der Waals surface area contributed by atoms with E-state index in [4.69, 9.17) is 9.15 Å². The van der Waals surface area contributed by atoms with E-state index in [0.29, 0.717) is 22.9 Å². The fourth-order valence-corrected chi connectivity index (χ4v) is 1.66. The zero-order chi connectivity index (χ0) is 12.5. The van der Waals surface area contributed by atoms with Gasteiger partial charge in [0.05, 0.1) is 12.7 Å². The van der Waals surface area contributed by atoms with Gasteiger partial charge in [-0.15, -0.1) is 0 Å². The summed E-state index contributed by atoms with van der Waals surface area (Å²) >= 11 is 0. The second-order valence-electron chi connectivity index (χ2n) is 3.76. The molecular formula is C13H10N2O3. The monoisotopic (exact) mass is 242 g/mol. The van der Waals surface area contributed by atoms with Gasteiger partial charge in [-0.2, -0.15) is 0 Å². The van der Waals surface area contributed by atoms with Gasteiger partial charge in [0.25, 0.3) is 0 Å². The fourth-order valence-electron chi connectivity index (χ4n) is 1.66. The van der Waals surface area contributed by atoms with Gasteiger partial charge in [-0.05, 0) is 18.2 Å². The molecule has 0 saturated carbocycles. The molecule has 0 unspecified atom stereocenters. The summed E-state index contributed by atoms with van der Waals surface area (Å²) in [5, 5.41) is 9.36. The van der Waals surface area contributed by atoms with Crippen molar-refractivity contribution in [3.63, 3.8) is 0 Å². The first kappa shape index (κ1) is 10.6. The quantitative estimate of drug-likeness (QED) is 0.748. The number of benzene rings is 1. The Bertz CT molecular complexity index is 689. The molecule has 0 aliphatic heterocycles. The summed E-state index contributed by atoms with van der Waals surface area (Å²) in [6.07, 6.45) is 1.63. The molecule has 0 aliphatic carbocycles. The summed E-state index contributed by atoms with van der Waals surface area (Å²) < 4.78 is 10.5. The lowest BCUT2D eigenvalue weighted by atomic mass is 10.3. The van der Waals surface area contributed by atoms with Crippen LogP contribution in [0.3, 0.4) is 0 Å². The van der Waals surface area contributed by atoms with Gasteiger partial charge in [0, 0.05) is 18.3 Å². The Morgan fingerprint density at radius 2 is 2.11 bits per heavy atom. The minimum absolute atomic E-state index is 0.151. The maximum Gasteiger partial charge on any atom is 0.228 e. The van der Waals surface area contributed by atoms with Gasteiger partial charge >= 0.3 is 0 Å². The topological polar surface area (TPSA) is 68.4 Å². The van der Waals surface area contributed by atoms with Crippen molar-refractivity contribution in [1.82, 2.24) is 9.97 Å². The minimum Gasteiger partial charge on any atom is -0.508 e. The molecule has 90 valence electrons. The van der Waals surface area contributed by atoms with Crippen LogP contribution in [0.2, 0.25) is 0 Å². The van der Waals surface area contributed by atoms with Crippen LogP contribution < -0.4 is 4.74 Å². The number of ether oxygens (including phenoxy) is 1. The molecule has 5 nitrogen and oxygen atoms in total. The van der Waals surface area contributed by atoms with E-state index < -0.39 is 0 Å². The highest BCUT2D eigenvalue weighted by atomic mass is 16.5. The number of hydrogen-bond acceptors (Lipinski definition) is 5. The third-order valence-electron chi connectivity index (χ3n) is 2.56. The maximum atomic E-state index is 9.36. The Balaban J connectivity index is 2.07. The Hall–Kier alpha value is -2.56. The molecule has 1 aromatic carbocycles. The standard InChI is InChI=1S/C13H10N2O3/c1-17-12-5-2-8(7-14-12)13-15-10-4-3-9(16)6-11(10)18-13/h2-7,16H,1H3. The van der Waals surface area contributed by atoms with Crippen LogP contribution in [0.4, 0.5) is 0 Å². The molecular weight excluding hydrogens is 232 g/mol. The Labute approximate surface area is 103 Å². The Morgan fingerprint density at radius 1 is 1.22 bits per heavy atom. The van der Waals surface area contributed by atoms with Crippen LogP contribution in [0.15, 0.2) is 40.9 Å². The van der Waals surface area contributed by atoms with Crippen molar-refractivity contribution in [1.29, 1.82) is 0 Å². The molecule has 0 aliphatic rings. The van der Waals surface area contributed by atoms with Crippen LogP contribution in [-0.2, 0) is 0 Å². The SMILES string of the molecule is COc1ccc(-c2nc3ccc(O)cc3o2)cn1. The summed E-state index contributed by atoms with van der Waals surface area (Å²) in [4.78, 5) is 8.41. The lowest BCUT2D eigenvalue weighted by molar-refractivity contribution is 0.398. The van der Waals surface area contributed by atoms with Gasteiger partial charge in [0.15, 0.2) is 5.58 Å². The predicted octanol–water partition coefficient (Wildman–Crippen LogP) is 2.60.